The molecule has 22 heavy (non-hydrogen) atoms. The van der Waals surface area contributed by atoms with Crippen LogP contribution in [0.1, 0.15) is 29.7 Å². The summed E-state index contributed by atoms with van der Waals surface area (Å²) in [6, 6.07) is 0. The molecule has 0 bridgehead atoms. The Morgan fingerprint density at radius 3 is 3.05 bits per heavy atom. The van der Waals surface area contributed by atoms with E-state index in [2.05, 4.69) is 10.3 Å². The molecule has 0 aromatic carbocycles. The summed E-state index contributed by atoms with van der Waals surface area (Å²) in [4.78, 5) is 30.9. The minimum Gasteiger partial charge on any atom is -0.355 e. The normalized spacial score (nSPS) is 14.0. The van der Waals surface area contributed by atoms with E-state index in [0.717, 1.165) is 29.5 Å². The minimum atomic E-state index is -0.0928. The molecule has 2 aromatic rings. The molecule has 0 saturated heterocycles. The monoisotopic (exact) mass is 320 g/mol. The number of amides is 1. The summed E-state index contributed by atoms with van der Waals surface area (Å²) in [6.07, 6.45) is 6.16. The highest BCUT2D eigenvalue weighted by molar-refractivity contribution is 7.18. The number of aryl methyl sites for hydroxylation is 3. The van der Waals surface area contributed by atoms with E-state index in [9.17, 15) is 9.59 Å². The third kappa shape index (κ3) is 2.91. The Labute approximate surface area is 132 Å². The second kappa shape index (κ2) is 6.58. The van der Waals surface area contributed by atoms with Crippen LogP contribution in [-0.4, -0.2) is 28.5 Å². The first-order valence-corrected chi connectivity index (χ1v) is 8.49. The lowest BCUT2D eigenvalue weighted by Crippen LogP contribution is -2.31. The summed E-state index contributed by atoms with van der Waals surface area (Å²) in [5.41, 5.74) is 6.51. The highest BCUT2D eigenvalue weighted by Gasteiger charge is 2.19. The van der Waals surface area contributed by atoms with Gasteiger partial charge in [0.25, 0.3) is 5.56 Å². The Kier molecular flexibility index (Phi) is 4.54. The zero-order valence-corrected chi connectivity index (χ0v) is 13.2. The summed E-state index contributed by atoms with van der Waals surface area (Å²) in [5, 5.41) is 3.47. The number of nitrogens with one attached hydrogen (secondary N) is 1. The van der Waals surface area contributed by atoms with Crippen LogP contribution in [0.15, 0.2) is 11.1 Å². The van der Waals surface area contributed by atoms with Crippen molar-refractivity contribution in [3.05, 3.63) is 27.1 Å². The molecule has 1 aliphatic rings. The van der Waals surface area contributed by atoms with Gasteiger partial charge in [0.05, 0.1) is 11.7 Å². The first-order valence-electron chi connectivity index (χ1n) is 7.67. The van der Waals surface area contributed by atoms with Gasteiger partial charge < -0.3 is 11.1 Å². The zero-order chi connectivity index (χ0) is 15.5. The highest BCUT2D eigenvalue weighted by Crippen LogP contribution is 2.33. The van der Waals surface area contributed by atoms with Gasteiger partial charge in [0, 0.05) is 30.9 Å². The van der Waals surface area contributed by atoms with Crippen LogP contribution in [-0.2, 0) is 24.2 Å². The van der Waals surface area contributed by atoms with Gasteiger partial charge in [-0.3, -0.25) is 14.2 Å². The summed E-state index contributed by atoms with van der Waals surface area (Å²) < 4.78 is 1.55. The van der Waals surface area contributed by atoms with Gasteiger partial charge >= 0.3 is 0 Å². The first-order chi connectivity index (χ1) is 10.7. The molecule has 0 saturated carbocycles. The van der Waals surface area contributed by atoms with Crippen LogP contribution in [0, 0.1) is 0 Å². The number of thiophene rings is 1. The van der Waals surface area contributed by atoms with Crippen molar-refractivity contribution < 1.29 is 4.79 Å². The molecule has 0 spiro atoms. The number of nitrogens with zero attached hydrogens (tertiary/aromatic N) is 2. The van der Waals surface area contributed by atoms with Crippen molar-refractivity contribution in [2.75, 3.05) is 13.1 Å². The number of carbonyl (C=O) groups is 1. The van der Waals surface area contributed by atoms with E-state index >= 15 is 0 Å². The van der Waals surface area contributed by atoms with Gasteiger partial charge in [0.1, 0.15) is 4.83 Å². The van der Waals surface area contributed by atoms with E-state index < -0.39 is 0 Å². The predicted molar refractivity (Wildman–Crippen MR) is 87.2 cm³/mol. The SMILES string of the molecule is NCCNC(=O)CCn1cnc2sc3c(c2c1=O)CCCC3. The fourth-order valence-electron chi connectivity index (χ4n) is 2.86. The molecule has 0 unspecified atom stereocenters. The van der Waals surface area contributed by atoms with E-state index in [-0.39, 0.29) is 17.9 Å². The standard InChI is InChI=1S/C15H20N4O2S/c16-6-7-17-12(20)5-8-19-9-18-14-13(15(19)21)10-3-1-2-4-11(10)22-14/h9H,1-8,16H2,(H,17,20). The number of rotatable bonds is 5. The van der Waals surface area contributed by atoms with Crippen LogP contribution in [0.25, 0.3) is 10.2 Å². The largest absolute Gasteiger partial charge is 0.355 e. The van der Waals surface area contributed by atoms with E-state index in [0.29, 0.717) is 19.6 Å². The Morgan fingerprint density at radius 2 is 2.23 bits per heavy atom. The van der Waals surface area contributed by atoms with E-state index in [1.807, 2.05) is 0 Å². The first kappa shape index (κ1) is 15.2. The molecule has 118 valence electrons. The van der Waals surface area contributed by atoms with Crippen molar-refractivity contribution in [2.24, 2.45) is 5.73 Å². The number of hydrogen-bond donors (Lipinski definition) is 2. The van der Waals surface area contributed by atoms with Gasteiger partial charge in [-0.15, -0.1) is 11.3 Å². The molecule has 2 heterocycles. The number of carbonyl (C=O) groups excluding carboxylic acids is 1. The summed E-state index contributed by atoms with van der Waals surface area (Å²) in [6.45, 7) is 1.23. The van der Waals surface area contributed by atoms with Crippen molar-refractivity contribution in [1.82, 2.24) is 14.9 Å². The molecule has 6 nitrogen and oxygen atoms in total. The minimum absolute atomic E-state index is 0.0176. The van der Waals surface area contributed by atoms with Crippen LogP contribution in [0.3, 0.4) is 0 Å². The van der Waals surface area contributed by atoms with Crippen LogP contribution in [0.4, 0.5) is 0 Å². The highest BCUT2D eigenvalue weighted by atomic mass is 32.1. The van der Waals surface area contributed by atoms with Gasteiger partial charge in [0.15, 0.2) is 0 Å². The fraction of sp³-hybridized carbons (Fsp3) is 0.533. The maximum absolute atomic E-state index is 12.7. The van der Waals surface area contributed by atoms with Gasteiger partial charge in [-0.2, -0.15) is 0 Å². The third-order valence-corrected chi connectivity index (χ3v) is 5.19. The summed E-state index contributed by atoms with van der Waals surface area (Å²) in [7, 11) is 0. The average Bonchev–Trinajstić information content (AvgIpc) is 2.91. The molecule has 7 heteroatoms. The summed E-state index contributed by atoms with van der Waals surface area (Å²) in [5.74, 6) is -0.0928. The molecule has 0 fully saturated rings. The second-order valence-corrected chi connectivity index (χ2v) is 6.61. The maximum atomic E-state index is 12.7. The van der Waals surface area contributed by atoms with Crippen molar-refractivity contribution in [2.45, 2.75) is 38.6 Å². The number of hydrogen-bond acceptors (Lipinski definition) is 5. The third-order valence-electron chi connectivity index (χ3n) is 3.99. The van der Waals surface area contributed by atoms with E-state index in [1.165, 1.54) is 16.9 Å². The van der Waals surface area contributed by atoms with Crippen molar-refractivity contribution in [1.29, 1.82) is 0 Å². The molecule has 3 rings (SSSR count). The number of aromatic nitrogens is 2. The average molecular weight is 320 g/mol. The van der Waals surface area contributed by atoms with Gasteiger partial charge in [0.2, 0.25) is 5.91 Å². The second-order valence-electron chi connectivity index (χ2n) is 5.52. The lowest BCUT2D eigenvalue weighted by molar-refractivity contribution is -0.121. The molecular formula is C15H20N4O2S. The Hall–Kier alpha value is -1.73. The number of fused-ring (bicyclic) bond motifs is 3. The summed E-state index contributed by atoms with van der Waals surface area (Å²) >= 11 is 1.64. The molecule has 0 atom stereocenters. The van der Waals surface area contributed by atoms with Crippen LogP contribution < -0.4 is 16.6 Å². The predicted octanol–water partition coefficient (Wildman–Crippen LogP) is 0.802. The van der Waals surface area contributed by atoms with E-state index in [1.54, 1.807) is 22.2 Å². The molecular weight excluding hydrogens is 300 g/mol. The molecule has 1 amide bonds. The number of nitrogens with two attached hydrogens (primary N) is 1. The van der Waals surface area contributed by atoms with Crippen LogP contribution in [0.2, 0.25) is 0 Å². The molecule has 2 aromatic heterocycles. The van der Waals surface area contributed by atoms with Crippen LogP contribution in [0.5, 0.6) is 0 Å². The van der Waals surface area contributed by atoms with Crippen molar-refractivity contribution >= 4 is 27.5 Å². The lowest BCUT2D eigenvalue weighted by Gasteiger charge is -2.10. The molecule has 0 aliphatic heterocycles. The fourth-order valence-corrected chi connectivity index (χ4v) is 4.08. The molecule has 3 N–H and O–H groups in total. The molecule has 1 aliphatic carbocycles. The van der Waals surface area contributed by atoms with E-state index in [4.69, 9.17) is 5.73 Å². The van der Waals surface area contributed by atoms with Crippen molar-refractivity contribution in [3.8, 4) is 0 Å². The van der Waals surface area contributed by atoms with Gasteiger partial charge in [-0.1, -0.05) is 0 Å². The quantitative estimate of drug-likeness (QED) is 0.853. The van der Waals surface area contributed by atoms with Gasteiger partial charge in [-0.05, 0) is 31.2 Å². The van der Waals surface area contributed by atoms with Crippen LogP contribution >= 0.6 is 11.3 Å². The van der Waals surface area contributed by atoms with Crippen molar-refractivity contribution in [3.63, 3.8) is 0 Å². The molecule has 0 radical (unpaired) electrons. The maximum Gasteiger partial charge on any atom is 0.262 e. The Balaban J connectivity index is 1.84. The lowest BCUT2D eigenvalue weighted by atomic mass is 9.97. The Morgan fingerprint density at radius 1 is 1.41 bits per heavy atom. The van der Waals surface area contributed by atoms with Gasteiger partial charge in [-0.25, -0.2) is 4.98 Å². The smallest absolute Gasteiger partial charge is 0.262 e. The topological polar surface area (TPSA) is 90.0 Å². The Bertz CT molecular complexity index is 750. The zero-order valence-electron chi connectivity index (χ0n) is 12.4.